The van der Waals surface area contributed by atoms with Crippen molar-refractivity contribution in [3.8, 4) is 12.1 Å². The number of fused-ring (bicyclic) bond motifs is 1. The molecule has 0 radical (unpaired) electrons. The molecule has 1 heterocycles. The number of nitriles is 2. The lowest BCUT2D eigenvalue weighted by molar-refractivity contribution is -0.130. The van der Waals surface area contributed by atoms with E-state index in [1.807, 2.05) is 18.2 Å². The van der Waals surface area contributed by atoms with Gasteiger partial charge in [0.15, 0.2) is 0 Å². The maximum Gasteiger partial charge on any atom is 0.329 e. The van der Waals surface area contributed by atoms with Gasteiger partial charge >= 0.3 is 5.69 Å². The normalized spacial score (nSPS) is 10.0. The summed E-state index contributed by atoms with van der Waals surface area (Å²) in [4.78, 5) is 25.5. The number of rotatable bonds is 4. The molecule has 0 aliphatic heterocycles. The highest BCUT2D eigenvalue weighted by atomic mass is 16.2. The number of benzene rings is 1. The quantitative estimate of drug-likeness (QED) is 0.750. The van der Waals surface area contributed by atoms with Gasteiger partial charge in [0.2, 0.25) is 5.91 Å². The lowest BCUT2D eigenvalue weighted by Gasteiger charge is -2.15. The molecule has 0 saturated carbocycles. The molecular formula is C14H13N5O2. The molecule has 21 heavy (non-hydrogen) atoms. The van der Waals surface area contributed by atoms with E-state index in [0.29, 0.717) is 5.52 Å². The third kappa shape index (κ3) is 2.63. The molecule has 0 aliphatic carbocycles. The van der Waals surface area contributed by atoms with Crippen molar-refractivity contribution in [2.75, 3.05) is 13.1 Å². The van der Waals surface area contributed by atoms with E-state index in [2.05, 4.69) is 0 Å². The standard InChI is InChI=1S/C14H13N5O2/c1-17-11-4-2-3-5-12(11)19(14(17)21)10-13(20)18(8-6-15)9-7-16/h2-5H,8-10H2,1H3. The molecule has 0 fully saturated rings. The second-order valence-electron chi connectivity index (χ2n) is 4.48. The molecule has 2 aromatic rings. The van der Waals surface area contributed by atoms with E-state index in [1.165, 1.54) is 9.13 Å². The lowest BCUT2D eigenvalue weighted by atomic mass is 10.3. The molecule has 0 atom stereocenters. The third-order valence-corrected chi connectivity index (χ3v) is 3.22. The van der Waals surface area contributed by atoms with E-state index >= 15 is 0 Å². The van der Waals surface area contributed by atoms with Gasteiger partial charge in [-0.1, -0.05) is 12.1 Å². The Morgan fingerprint density at radius 1 is 1.19 bits per heavy atom. The van der Waals surface area contributed by atoms with E-state index < -0.39 is 5.91 Å². The minimum atomic E-state index is -0.434. The van der Waals surface area contributed by atoms with Gasteiger partial charge in [0.05, 0.1) is 23.2 Å². The van der Waals surface area contributed by atoms with E-state index in [-0.39, 0.29) is 25.3 Å². The summed E-state index contributed by atoms with van der Waals surface area (Å²) in [5.74, 6) is -0.434. The van der Waals surface area contributed by atoms with Crippen LogP contribution in [0.1, 0.15) is 0 Å². The van der Waals surface area contributed by atoms with Crippen LogP contribution in [0.25, 0.3) is 11.0 Å². The molecule has 0 bridgehead atoms. The van der Waals surface area contributed by atoms with Gasteiger partial charge in [-0.2, -0.15) is 10.5 Å². The van der Waals surface area contributed by atoms with E-state index in [4.69, 9.17) is 10.5 Å². The minimum Gasteiger partial charge on any atom is -0.314 e. The lowest BCUT2D eigenvalue weighted by Crippen LogP contribution is -2.37. The molecule has 0 spiro atoms. The number of para-hydroxylation sites is 2. The summed E-state index contributed by atoms with van der Waals surface area (Å²) in [5.41, 5.74) is 1.06. The predicted octanol–water partition coefficient (Wildman–Crippen LogP) is 0.216. The van der Waals surface area contributed by atoms with Crippen LogP contribution in [0.4, 0.5) is 0 Å². The van der Waals surface area contributed by atoms with E-state index in [9.17, 15) is 9.59 Å². The van der Waals surface area contributed by atoms with Crippen LogP contribution in [0.15, 0.2) is 29.1 Å². The average Bonchev–Trinajstić information content (AvgIpc) is 2.72. The van der Waals surface area contributed by atoms with Crippen LogP contribution in [-0.4, -0.2) is 33.0 Å². The van der Waals surface area contributed by atoms with Gasteiger partial charge in [0, 0.05) is 7.05 Å². The van der Waals surface area contributed by atoms with Gasteiger partial charge in [-0.15, -0.1) is 0 Å². The number of aromatic nitrogens is 2. The molecule has 7 nitrogen and oxygen atoms in total. The van der Waals surface area contributed by atoms with Crippen LogP contribution >= 0.6 is 0 Å². The van der Waals surface area contributed by atoms with Crippen molar-refractivity contribution in [1.82, 2.24) is 14.0 Å². The van der Waals surface area contributed by atoms with Crippen molar-refractivity contribution in [2.45, 2.75) is 6.54 Å². The fraction of sp³-hybridized carbons (Fsp3) is 0.286. The number of hydrogen-bond donors (Lipinski definition) is 0. The summed E-state index contributed by atoms with van der Waals surface area (Å²) in [6.07, 6.45) is 0. The van der Waals surface area contributed by atoms with Gasteiger partial charge in [-0.3, -0.25) is 13.9 Å². The van der Waals surface area contributed by atoms with Crippen LogP contribution in [0.2, 0.25) is 0 Å². The fourth-order valence-electron chi connectivity index (χ4n) is 2.15. The van der Waals surface area contributed by atoms with Gasteiger partial charge in [-0.25, -0.2) is 4.79 Å². The summed E-state index contributed by atoms with van der Waals surface area (Å²) in [6.45, 7) is -0.540. The topological polar surface area (TPSA) is 94.8 Å². The van der Waals surface area contributed by atoms with Crippen molar-refractivity contribution in [3.63, 3.8) is 0 Å². The Morgan fingerprint density at radius 3 is 2.33 bits per heavy atom. The van der Waals surface area contributed by atoms with Crippen molar-refractivity contribution in [3.05, 3.63) is 34.7 Å². The van der Waals surface area contributed by atoms with E-state index in [0.717, 1.165) is 10.4 Å². The zero-order chi connectivity index (χ0) is 15.4. The molecule has 0 saturated heterocycles. The van der Waals surface area contributed by atoms with Crippen molar-refractivity contribution >= 4 is 16.9 Å². The number of carbonyl (C=O) groups excluding carboxylic acids is 1. The van der Waals surface area contributed by atoms with Crippen LogP contribution in [0, 0.1) is 22.7 Å². The molecule has 1 amide bonds. The van der Waals surface area contributed by atoms with Crippen LogP contribution < -0.4 is 5.69 Å². The van der Waals surface area contributed by atoms with Crippen LogP contribution in [0.5, 0.6) is 0 Å². The molecule has 0 N–H and O–H groups in total. The van der Waals surface area contributed by atoms with Crippen LogP contribution in [-0.2, 0) is 18.4 Å². The summed E-state index contributed by atoms with van der Waals surface area (Å²) in [5, 5.41) is 17.4. The second kappa shape index (κ2) is 5.93. The maximum absolute atomic E-state index is 12.2. The number of nitrogens with zero attached hydrogens (tertiary/aromatic N) is 5. The van der Waals surface area contributed by atoms with E-state index in [1.54, 1.807) is 25.2 Å². The molecule has 0 aliphatic rings. The van der Waals surface area contributed by atoms with Crippen LogP contribution in [0.3, 0.4) is 0 Å². The highest BCUT2D eigenvalue weighted by Crippen LogP contribution is 2.11. The number of aryl methyl sites for hydroxylation is 1. The average molecular weight is 283 g/mol. The summed E-state index contributed by atoms with van der Waals surface area (Å²) in [6, 6.07) is 10.8. The Kier molecular flexibility index (Phi) is 4.05. The zero-order valence-corrected chi connectivity index (χ0v) is 11.5. The number of carbonyl (C=O) groups is 1. The highest BCUT2D eigenvalue weighted by Gasteiger charge is 2.17. The van der Waals surface area contributed by atoms with Gasteiger partial charge in [-0.05, 0) is 12.1 Å². The summed E-state index contributed by atoms with van der Waals surface area (Å²) >= 11 is 0. The SMILES string of the molecule is Cn1c(=O)n(CC(=O)N(CC#N)CC#N)c2ccccc21. The fourth-order valence-corrected chi connectivity index (χ4v) is 2.15. The number of amides is 1. The first-order valence-corrected chi connectivity index (χ1v) is 6.26. The molecule has 2 rings (SSSR count). The molecular weight excluding hydrogens is 270 g/mol. The van der Waals surface area contributed by atoms with Crippen molar-refractivity contribution < 1.29 is 4.79 Å². The second-order valence-corrected chi connectivity index (χ2v) is 4.48. The summed E-state index contributed by atoms with van der Waals surface area (Å²) < 4.78 is 2.81. The Hall–Kier alpha value is -3.06. The molecule has 106 valence electrons. The zero-order valence-electron chi connectivity index (χ0n) is 11.5. The Bertz CT molecular complexity index is 802. The summed E-state index contributed by atoms with van der Waals surface area (Å²) in [7, 11) is 1.63. The third-order valence-electron chi connectivity index (χ3n) is 3.22. The smallest absolute Gasteiger partial charge is 0.314 e. The first-order chi connectivity index (χ1) is 10.1. The maximum atomic E-state index is 12.2. The number of imidazole rings is 1. The Balaban J connectivity index is 2.38. The Morgan fingerprint density at radius 2 is 1.76 bits per heavy atom. The van der Waals surface area contributed by atoms with Gasteiger partial charge in [0.1, 0.15) is 19.6 Å². The largest absolute Gasteiger partial charge is 0.329 e. The molecule has 0 unspecified atom stereocenters. The van der Waals surface area contributed by atoms with Gasteiger partial charge in [0.25, 0.3) is 0 Å². The Labute approximate surface area is 120 Å². The highest BCUT2D eigenvalue weighted by molar-refractivity contribution is 5.81. The molecule has 1 aromatic heterocycles. The predicted molar refractivity (Wildman–Crippen MR) is 75.0 cm³/mol. The molecule has 1 aromatic carbocycles. The first-order valence-electron chi connectivity index (χ1n) is 6.26. The number of hydrogen-bond acceptors (Lipinski definition) is 4. The van der Waals surface area contributed by atoms with Gasteiger partial charge < -0.3 is 4.90 Å². The van der Waals surface area contributed by atoms with Crippen molar-refractivity contribution in [2.24, 2.45) is 7.05 Å². The van der Waals surface area contributed by atoms with Crippen molar-refractivity contribution in [1.29, 1.82) is 10.5 Å². The minimum absolute atomic E-state index is 0.175. The monoisotopic (exact) mass is 283 g/mol. The first kappa shape index (κ1) is 14.4. The molecule has 7 heteroatoms.